The van der Waals surface area contributed by atoms with Crippen LogP contribution < -0.4 is 5.32 Å². The van der Waals surface area contributed by atoms with Gasteiger partial charge in [0, 0.05) is 19.0 Å². The summed E-state index contributed by atoms with van der Waals surface area (Å²) < 4.78 is 1.78. The minimum atomic E-state index is -0.824. The fourth-order valence-electron chi connectivity index (χ4n) is 4.03. The fraction of sp³-hybridized carbons (Fsp3) is 0.154. The molecular formula is C26H25N3O2. The quantitative estimate of drug-likeness (QED) is 0.407. The number of rotatable bonds is 8. The smallest absolute Gasteiger partial charge is 0.303 e. The molecule has 0 bridgehead atoms. The van der Waals surface area contributed by atoms with Crippen molar-refractivity contribution in [2.45, 2.75) is 18.4 Å². The van der Waals surface area contributed by atoms with Gasteiger partial charge in [-0.05, 0) is 23.1 Å². The molecule has 0 aliphatic rings. The summed E-state index contributed by atoms with van der Waals surface area (Å²) in [7, 11) is 1.87. The lowest BCUT2D eigenvalue weighted by Gasteiger charge is -2.38. The van der Waals surface area contributed by atoms with E-state index in [0.29, 0.717) is 6.42 Å². The number of hydrogen-bond acceptors (Lipinski definition) is 3. The van der Waals surface area contributed by atoms with Crippen LogP contribution in [0.2, 0.25) is 0 Å². The van der Waals surface area contributed by atoms with Gasteiger partial charge in [-0.2, -0.15) is 5.10 Å². The lowest BCUT2D eigenvalue weighted by Crippen LogP contribution is -2.39. The maximum atomic E-state index is 11.2. The Morgan fingerprint density at radius 3 is 1.74 bits per heavy atom. The molecule has 0 saturated carbocycles. The second-order valence-electron chi connectivity index (χ2n) is 7.51. The van der Waals surface area contributed by atoms with Crippen molar-refractivity contribution < 1.29 is 9.90 Å². The van der Waals surface area contributed by atoms with E-state index in [-0.39, 0.29) is 6.42 Å². The molecule has 5 nitrogen and oxygen atoms in total. The summed E-state index contributed by atoms with van der Waals surface area (Å²) in [6, 6.07) is 30.9. The minimum Gasteiger partial charge on any atom is -0.481 e. The summed E-state index contributed by atoms with van der Waals surface area (Å²) in [4.78, 5) is 11.2. The molecule has 0 amide bonds. The van der Waals surface area contributed by atoms with Crippen molar-refractivity contribution >= 4 is 11.8 Å². The number of carbonyl (C=O) groups is 1. The number of carboxylic acids is 1. The van der Waals surface area contributed by atoms with E-state index in [9.17, 15) is 9.90 Å². The minimum absolute atomic E-state index is 0.0510. The Morgan fingerprint density at radius 2 is 1.32 bits per heavy atom. The van der Waals surface area contributed by atoms with Crippen LogP contribution in [0, 0.1) is 0 Å². The van der Waals surface area contributed by atoms with E-state index in [1.54, 1.807) is 10.9 Å². The van der Waals surface area contributed by atoms with Gasteiger partial charge in [-0.1, -0.05) is 91.0 Å². The normalized spacial score (nSPS) is 11.3. The van der Waals surface area contributed by atoms with Crippen LogP contribution in [0.15, 0.2) is 97.2 Å². The maximum Gasteiger partial charge on any atom is 0.303 e. The summed E-state index contributed by atoms with van der Waals surface area (Å²) >= 11 is 0. The number of aromatic nitrogens is 2. The number of nitrogens with one attached hydrogen (secondary N) is 1. The average Bonchev–Trinajstić information content (AvgIpc) is 3.16. The Morgan fingerprint density at radius 1 is 0.871 bits per heavy atom. The van der Waals surface area contributed by atoms with E-state index in [1.807, 2.05) is 61.6 Å². The Bertz CT molecular complexity index is 1040. The van der Waals surface area contributed by atoms with Crippen molar-refractivity contribution in [1.82, 2.24) is 9.78 Å². The van der Waals surface area contributed by atoms with E-state index in [1.165, 1.54) is 0 Å². The molecule has 4 rings (SSSR count). The van der Waals surface area contributed by atoms with E-state index in [0.717, 1.165) is 28.1 Å². The van der Waals surface area contributed by atoms with Gasteiger partial charge in [-0.3, -0.25) is 9.48 Å². The molecule has 0 radical (unpaired) electrons. The molecule has 2 N–H and O–H groups in total. The standard InChI is InChI=1S/C26H25N3O2/c1-29-25(20(19-27-29)17-18-24(30)31)28-26(21-11-5-2-6-12-21,22-13-7-3-8-14-22)23-15-9-4-10-16-23/h2-16,19,28H,17-18H2,1H3,(H,30,31). The zero-order valence-electron chi connectivity index (χ0n) is 17.4. The third-order valence-corrected chi connectivity index (χ3v) is 5.55. The molecule has 3 aromatic carbocycles. The number of aryl methyl sites for hydroxylation is 2. The van der Waals surface area contributed by atoms with E-state index < -0.39 is 11.5 Å². The second-order valence-corrected chi connectivity index (χ2v) is 7.51. The van der Waals surface area contributed by atoms with Crippen LogP contribution in [-0.2, 0) is 23.8 Å². The number of carboxylic acid groups (broad SMARTS) is 1. The van der Waals surface area contributed by atoms with Crippen LogP contribution in [-0.4, -0.2) is 20.9 Å². The highest BCUT2D eigenvalue weighted by molar-refractivity contribution is 5.68. The van der Waals surface area contributed by atoms with E-state index >= 15 is 0 Å². The second kappa shape index (κ2) is 8.88. The first-order valence-electron chi connectivity index (χ1n) is 10.3. The number of nitrogens with zero attached hydrogens (tertiary/aromatic N) is 2. The van der Waals surface area contributed by atoms with Gasteiger partial charge in [-0.25, -0.2) is 0 Å². The molecule has 0 aliphatic heterocycles. The molecule has 1 heterocycles. The van der Waals surface area contributed by atoms with Crippen LogP contribution in [0.1, 0.15) is 28.7 Å². The average molecular weight is 412 g/mol. The number of anilines is 1. The van der Waals surface area contributed by atoms with Gasteiger partial charge < -0.3 is 10.4 Å². The molecule has 0 saturated heterocycles. The summed E-state index contributed by atoms with van der Waals surface area (Å²) in [6.07, 6.45) is 2.20. The number of benzene rings is 3. The van der Waals surface area contributed by atoms with Crippen molar-refractivity contribution in [2.24, 2.45) is 7.05 Å². The maximum absolute atomic E-state index is 11.2. The molecule has 0 atom stereocenters. The number of aliphatic carboxylic acids is 1. The summed E-state index contributed by atoms with van der Waals surface area (Å²) in [6.45, 7) is 0. The van der Waals surface area contributed by atoms with Crippen molar-refractivity contribution in [3.63, 3.8) is 0 Å². The topological polar surface area (TPSA) is 67.2 Å². The van der Waals surface area contributed by atoms with Crippen LogP contribution in [0.4, 0.5) is 5.82 Å². The zero-order chi connectivity index (χ0) is 21.7. The summed E-state index contributed by atoms with van der Waals surface area (Å²) in [5.74, 6) is -0.0203. The Hall–Kier alpha value is -3.86. The molecule has 0 spiro atoms. The van der Waals surface area contributed by atoms with Gasteiger partial charge in [0.2, 0.25) is 0 Å². The predicted octanol–water partition coefficient (Wildman–Crippen LogP) is 4.84. The summed E-state index contributed by atoms with van der Waals surface area (Å²) in [5, 5.41) is 17.4. The molecule has 0 aliphatic carbocycles. The van der Waals surface area contributed by atoms with Crippen molar-refractivity contribution in [1.29, 1.82) is 0 Å². The van der Waals surface area contributed by atoms with Crippen LogP contribution in [0.5, 0.6) is 0 Å². The van der Waals surface area contributed by atoms with Crippen molar-refractivity contribution in [3.8, 4) is 0 Å². The first-order chi connectivity index (χ1) is 15.1. The molecule has 0 fully saturated rings. The van der Waals surface area contributed by atoms with Crippen molar-refractivity contribution in [2.75, 3.05) is 5.32 Å². The molecule has 1 aromatic heterocycles. The zero-order valence-corrected chi connectivity index (χ0v) is 17.4. The monoisotopic (exact) mass is 411 g/mol. The molecule has 4 aromatic rings. The van der Waals surface area contributed by atoms with Gasteiger partial charge in [0.25, 0.3) is 0 Å². The summed E-state index contributed by atoms with van der Waals surface area (Å²) in [5.41, 5.74) is 3.43. The first-order valence-corrected chi connectivity index (χ1v) is 10.3. The van der Waals surface area contributed by atoms with Gasteiger partial charge in [0.15, 0.2) is 0 Å². The molecule has 0 unspecified atom stereocenters. The third-order valence-electron chi connectivity index (χ3n) is 5.55. The molecule has 5 heteroatoms. The lowest BCUT2D eigenvalue weighted by atomic mass is 9.77. The largest absolute Gasteiger partial charge is 0.481 e. The Kier molecular flexibility index (Phi) is 5.85. The van der Waals surface area contributed by atoms with Gasteiger partial charge in [-0.15, -0.1) is 0 Å². The highest BCUT2D eigenvalue weighted by Crippen LogP contribution is 2.40. The highest BCUT2D eigenvalue weighted by Gasteiger charge is 2.37. The fourth-order valence-corrected chi connectivity index (χ4v) is 4.03. The molecular weight excluding hydrogens is 386 g/mol. The number of hydrogen-bond donors (Lipinski definition) is 2. The Labute approximate surface area is 182 Å². The van der Waals surface area contributed by atoms with Crippen LogP contribution in [0.3, 0.4) is 0 Å². The van der Waals surface area contributed by atoms with Gasteiger partial charge in [0.1, 0.15) is 11.4 Å². The molecule has 156 valence electrons. The van der Waals surface area contributed by atoms with E-state index in [4.69, 9.17) is 0 Å². The molecule has 31 heavy (non-hydrogen) atoms. The third kappa shape index (κ3) is 4.08. The van der Waals surface area contributed by atoms with Crippen LogP contribution in [0.25, 0.3) is 0 Å². The van der Waals surface area contributed by atoms with Gasteiger partial charge >= 0.3 is 5.97 Å². The predicted molar refractivity (Wildman–Crippen MR) is 122 cm³/mol. The van der Waals surface area contributed by atoms with E-state index in [2.05, 4.69) is 46.8 Å². The highest BCUT2D eigenvalue weighted by atomic mass is 16.4. The Balaban J connectivity index is 1.94. The SMILES string of the molecule is Cn1ncc(CCC(=O)O)c1NC(c1ccccc1)(c1ccccc1)c1ccccc1. The lowest BCUT2D eigenvalue weighted by molar-refractivity contribution is -0.136. The van der Waals surface area contributed by atoms with Crippen LogP contribution >= 0.6 is 0 Å². The van der Waals surface area contributed by atoms with Crippen molar-refractivity contribution in [3.05, 3.63) is 119 Å². The first kappa shape index (κ1) is 20.4. The van der Waals surface area contributed by atoms with Gasteiger partial charge in [0.05, 0.1) is 6.20 Å².